The van der Waals surface area contributed by atoms with Crippen LogP contribution in [0.25, 0.3) is 0 Å². The third-order valence-electron chi connectivity index (χ3n) is 2.99. The Morgan fingerprint density at radius 2 is 2.22 bits per heavy atom. The van der Waals surface area contributed by atoms with Crippen LogP contribution in [0.4, 0.5) is 0 Å². The first-order valence-electron chi connectivity index (χ1n) is 6.61. The predicted molar refractivity (Wildman–Crippen MR) is 73.3 cm³/mol. The van der Waals surface area contributed by atoms with Crippen LogP contribution >= 0.6 is 0 Å². The molecule has 1 atom stereocenters. The summed E-state index contributed by atoms with van der Waals surface area (Å²) in [6, 6.07) is 2.63. The fraction of sp³-hybridized carbons (Fsp3) is 0.500. The highest BCUT2D eigenvalue weighted by Gasteiger charge is 2.03. The summed E-state index contributed by atoms with van der Waals surface area (Å²) in [5.41, 5.74) is 1.35. The van der Waals surface area contributed by atoms with Gasteiger partial charge in [-0.05, 0) is 25.0 Å². The zero-order valence-corrected chi connectivity index (χ0v) is 11.2. The van der Waals surface area contributed by atoms with E-state index in [1.54, 1.807) is 0 Å². The lowest BCUT2D eigenvalue weighted by molar-refractivity contribution is 0.476. The predicted octanol–water partition coefficient (Wildman–Crippen LogP) is 2.27. The molecule has 4 heteroatoms. The molecule has 1 N–H and O–H groups in total. The molecule has 2 rings (SSSR count). The highest BCUT2D eigenvalue weighted by molar-refractivity contribution is 5.10. The second-order valence-electron chi connectivity index (χ2n) is 4.80. The van der Waals surface area contributed by atoms with E-state index in [0.717, 1.165) is 19.6 Å². The number of aromatic nitrogens is 3. The van der Waals surface area contributed by atoms with Gasteiger partial charge in [-0.3, -0.25) is 0 Å². The van der Waals surface area contributed by atoms with Crippen LogP contribution in [0.1, 0.15) is 25.8 Å². The monoisotopic (exact) mass is 246 g/mol. The molecule has 0 radical (unpaired) electrons. The number of hydrogen-bond acceptors (Lipinski definition) is 2. The molecule has 0 fully saturated rings. The molecule has 0 bridgehead atoms. The van der Waals surface area contributed by atoms with E-state index < -0.39 is 0 Å². The lowest BCUT2D eigenvalue weighted by Crippen LogP contribution is -2.29. The molecule has 2 aromatic heterocycles. The molecule has 1 unspecified atom stereocenters. The van der Waals surface area contributed by atoms with Gasteiger partial charge in [0, 0.05) is 50.5 Å². The van der Waals surface area contributed by atoms with E-state index in [0.29, 0.717) is 6.04 Å². The van der Waals surface area contributed by atoms with Gasteiger partial charge in [0.2, 0.25) is 0 Å². The average molecular weight is 246 g/mol. The van der Waals surface area contributed by atoms with E-state index in [9.17, 15) is 0 Å². The van der Waals surface area contributed by atoms with Crippen molar-refractivity contribution in [1.29, 1.82) is 0 Å². The van der Waals surface area contributed by atoms with Crippen molar-refractivity contribution >= 4 is 0 Å². The van der Waals surface area contributed by atoms with E-state index in [2.05, 4.69) is 51.7 Å². The number of nitrogens with zero attached hydrogens (tertiary/aromatic N) is 3. The molecular weight excluding hydrogens is 224 g/mol. The quantitative estimate of drug-likeness (QED) is 0.813. The van der Waals surface area contributed by atoms with Gasteiger partial charge in [0.25, 0.3) is 0 Å². The summed E-state index contributed by atoms with van der Waals surface area (Å²) in [5.74, 6) is 0. The van der Waals surface area contributed by atoms with Gasteiger partial charge in [-0.15, -0.1) is 0 Å². The maximum atomic E-state index is 4.05. The number of hydrogen-bond donors (Lipinski definition) is 1. The summed E-state index contributed by atoms with van der Waals surface area (Å²) in [7, 11) is 0. The van der Waals surface area contributed by atoms with Crippen LogP contribution in [0.5, 0.6) is 0 Å². The van der Waals surface area contributed by atoms with Crippen molar-refractivity contribution in [2.45, 2.75) is 45.9 Å². The molecule has 18 heavy (non-hydrogen) atoms. The Hall–Kier alpha value is -1.55. The van der Waals surface area contributed by atoms with Crippen molar-refractivity contribution < 1.29 is 0 Å². The number of imidazole rings is 1. The molecule has 0 aliphatic carbocycles. The van der Waals surface area contributed by atoms with E-state index in [1.165, 1.54) is 12.0 Å². The highest BCUT2D eigenvalue weighted by atomic mass is 15.1. The lowest BCUT2D eigenvalue weighted by atomic mass is 10.3. The second-order valence-corrected chi connectivity index (χ2v) is 4.80. The minimum absolute atomic E-state index is 0.439. The first-order chi connectivity index (χ1) is 8.78. The smallest absolute Gasteiger partial charge is 0.0946 e. The molecule has 2 heterocycles. The number of aryl methyl sites for hydroxylation is 1. The normalized spacial score (nSPS) is 12.8. The fourth-order valence-corrected chi connectivity index (χ4v) is 2.06. The van der Waals surface area contributed by atoms with Crippen LogP contribution in [0, 0.1) is 0 Å². The van der Waals surface area contributed by atoms with Crippen molar-refractivity contribution in [3.05, 3.63) is 42.7 Å². The Bertz CT molecular complexity index is 444. The molecule has 0 saturated carbocycles. The first-order valence-corrected chi connectivity index (χ1v) is 6.61. The molecule has 0 aromatic carbocycles. The Balaban J connectivity index is 1.76. The van der Waals surface area contributed by atoms with Crippen molar-refractivity contribution in [3.63, 3.8) is 0 Å². The summed E-state index contributed by atoms with van der Waals surface area (Å²) in [6.45, 7) is 7.38. The second kappa shape index (κ2) is 6.40. The van der Waals surface area contributed by atoms with Gasteiger partial charge in [-0.1, -0.05) is 6.92 Å². The van der Waals surface area contributed by atoms with Crippen LogP contribution in [-0.4, -0.2) is 20.2 Å². The molecule has 0 aliphatic rings. The third-order valence-corrected chi connectivity index (χ3v) is 2.99. The Morgan fingerprint density at radius 1 is 1.33 bits per heavy atom. The molecule has 98 valence electrons. The third kappa shape index (κ3) is 3.74. The van der Waals surface area contributed by atoms with Gasteiger partial charge in [-0.2, -0.15) is 0 Å². The van der Waals surface area contributed by atoms with Crippen molar-refractivity contribution in [1.82, 2.24) is 19.4 Å². The maximum Gasteiger partial charge on any atom is 0.0946 e. The van der Waals surface area contributed by atoms with Gasteiger partial charge < -0.3 is 14.5 Å². The van der Waals surface area contributed by atoms with Crippen molar-refractivity contribution in [2.75, 3.05) is 0 Å². The Labute approximate surface area is 109 Å². The summed E-state index contributed by atoms with van der Waals surface area (Å²) in [4.78, 5) is 4.05. The summed E-state index contributed by atoms with van der Waals surface area (Å²) >= 11 is 0. The maximum absolute atomic E-state index is 4.05. The zero-order valence-electron chi connectivity index (χ0n) is 11.2. The Kier molecular flexibility index (Phi) is 4.59. The van der Waals surface area contributed by atoms with Crippen LogP contribution < -0.4 is 5.32 Å². The summed E-state index contributed by atoms with van der Waals surface area (Å²) < 4.78 is 4.34. The molecule has 0 saturated heterocycles. The van der Waals surface area contributed by atoms with Gasteiger partial charge >= 0.3 is 0 Å². The summed E-state index contributed by atoms with van der Waals surface area (Å²) in [5, 5.41) is 3.53. The van der Waals surface area contributed by atoms with Crippen molar-refractivity contribution in [2.24, 2.45) is 0 Å². The molecule has 4 nitrogen and oxygen atoms in total. The van der Waals surface area contributed by atoms with Gasteiger partial charge in [0.15, 0.2) is 0 Å². The average Bonchev–Trinajstić information content (AvgIpc) is 2.99. The lowest BCUT2D eigenvalue weighted by Gasteiger charge is -2.13. The molecular formula is C14H22N4. The van der Waals surface area contributed by atoms with Crippen molar-refractivity contribution in [3.8, 4) is 0 Å². The van der Waals surface area contributed by atoms with Gasteiger partial charge in [0.05, 0.1) is 6.33 Å². The van der Waals surface area contributed by atoms with Crippen LogP contribution in [0.15, 0.2) is 37.2 Å². The first kappa shape index (κ1) is 12.9. The van der Waals surface area contributed by atoms with E-state index in [-0.39, 0.29) is 0 Å². The van der Waals surface area contributed by atoms with E-state index in [4.69, 9.17) is 0 Å². The molecule has 0 aliphatic heterocycles. The minimum Gasteiger partial charge on any atom is -0.354 e. The number of rotatable bonds is 7. The van der Waals surface area contributed by atoms with Crippen LogP contribution in [-0.2, 0) is 19.6 Å². The van der Waals surface area contributed by atoms with E-state index >= 15 is 0 Å². The SMILES string of the molecule is CCCn1ccc(CNC(C)Cn2ccnc2)c1. The standard InChI is InChI=1S/C14H22N4/c1-3-6-17-7-4-14(11-17)9-16-13(2)10-18-8-5-15-12-18/h4-5,7-8,11-13,16H,3,6,9-10H2,1-2H3. The van der Waals surface area contributed by atoms with Gasteiger partial charge in [-0.25, -0.2) is 4.98 Å². The largest absolute Gasteiger partial charge is 0.354 e. The van der Waals surface area contributed by atoms with Crippen LogP contribution in [0.2, 0.25) is 0 Å². The van der Waals surface area contributed by atoms with Gasteiger partial charge in [0.1, 0.15) is 0 Å². The van der Waals surface area contributed by atoms with Crippen LogP contribution in [0.3, 0.4) is 0 Å². The van der Waals surface area contributed by atoms with E-state index in [1.807, 2.05) is 18.7 Å². The zero-order chi connectivity index (χ0) is 12.8. The highest BCUT2D eigenvalue weighted by Crippen LogP contribution is 2.03. The summed E-state index contributed by atoms with van der Waals surface area (Å²) in [6.07, 6.45) is 11.2. The molecule has 2 aromatic rings. The fourth-order valence-electron chi connectivity index (χ4n) is 2.06. The minimum atomic E-state index is 0.439. The molecule has 0 spiro atoms. The Morgan fingerprint density at radius 3 is 2.94 bits per heavy atom. The topological polar surface area (TPSA) is 34.8 Å². The number of nitrogens with one attached hydrogen (secondary N) is 1. The molecule has 0 amide bonds.